The SMILES string of the molecule is Cl.Clc1ccc(-c2nc(Nc3ccc(N4CCOCC4)cc3)c3ccccc3n2)c(Cl)c1. The number of hydrogen-bond donors (Lipinski definition) is 1. The Morgan fingerprint density at radius 3 is 2.38 bits per heavy atom. The summed E-state index contributed by atoms with van der Waals surface area (Å²) in [7, 11) is 0. The summed E-state index contributed by atoms with van der Waals surface area (Å²) >= 11 is 12.5. The average molecular weight is 488 g/mol. The average Bonchev–Trinajstić information content (AvgIpc) is 2.80. The van der Waals surface area contributed by atoms with E-state index in [9.17, 15) is 0 Å². The van der Waals surface area contributed by atoms with Gasteiger partial charge in [0.15, 0.2) is 5.82 Å². The van der Waals surface area contributed by atoms with Crippen molar-refractivity contribution in [3.8, 4) is 11.4 Å². The van der Waals surface area contributed by atoms with Crippen LogP contribution < -0.4 is 10.2 Å². The Labute approximate surface area is 202 Å². The van der Waals surface area contributed by atoms with Crippen LogP contribution in [-0.2, 0) is 4.74 Å². The minimum absolute atomic E-state index is 0. The van der Waals surface area contributed by atoms with Gasteiger partial charge in [0.1, 0.15) is 5.82 Å². The molecule has 4 aromatic rings. The number of nitrogens with zero attached hydrogens (tertiary/aromatic N) is 3. The van der Waals surface area contributed by atoms with Crippen LogP contribution in [0.25, 0.3) is 22.3 Å². The van der Waals surface area contributed by atoms with E-state index in [4.69, 9.17) is 37.9 Å². The van der Waals surface area contributed by atoms with Crippen molar-refractivity contribution in [2.45, 2.75) is 0 Å². The molecule has 164 valence electrons. The molecule has 0 radical (unpaired) electrons. The topological polar surface area (TPSA) is 50.3 Å². The van der Waals surface area contributed by atoms with Crippen LogP contribution in [0.4, 0.5) is 17.2 Å². The van der Waals surface area contributed by atoms with E-state index in [2.05, 4.69) is 34.5 Å². The fraction of sp³-hybridized carbons (Fsp3) is 0.167. The van der Waals surface area contributed by atoms with Crippen LogP contribution in [0.15, 0.2) is 66.7 Å². The molecule has 5 rings (SSSR count). The van der Waals surface area contributed by atoms with Gasteiger partial charge in [0, 0.05) is 40.4 Å². The van der Waals surface area contributed by atoms with E-state index >= 15 is 0 Å². The molecular weight excluding hydrogens is 467 g/mol. The van der Waals surface area contributed by atoms with Crippen molar-refractivity contribution in [1.29, 1.82) is 0 Å². The first kappa shape index (κ1) is 22.6. The van der Waals surface area contributed by atoms with Crippen molar-refractivity contribution in [3.05, 3.63) is 76.8 Å². The Hall–Kier alpha value is -2.57. The molecule has 1 fully saturated rings. The van der Waals surface area contributed by atoms with Crippen LogP contribution in [0, 0.1) is 0 Å². The summed E-state index contributed by atoms with van der Waals surface area (Å²) in [6, 6.07) is 21.6. The van der Waals surface area contributed by atoms with E-state index in [1.165, 1.54) is 5.69 Å². The zero-order valence-electron chi connectivity index (χ0n) is 17.1. The van der Waals surface area contributed by atoms with Gasteiger partial charge in [0.2, 0.25) is 0 Å². The van der Waals surface area contributed by atoms with Crippen LogP contribution in [0.3, 0.4) is 0 Å². The number of nitrogens with one attached hydrogen (secondary N) is 1. The molecule has 0 aliphatic carbocycles. The predicted molar refractivity (Wildman–Crippen MR) is 135 cm³/mol. The van der Waals surface area contributed by atoms with E-state index in [0.717, 1.165) is 54.3 Å². The molecular formula is C24H21Cl3N4O. The molecule has 5 nitrogen and oxygen atoms in total. The summed E-state index contributed by atoms with van der Waals surface area (Å²) in [4.78, 5) is 11.8. The van der Waals surface area contributed by atoms with Crippen LogP contribution >= 0.6 is 35.6 Å². The minimum atomic E-state index is 0. The molecule has 1 saturated heterocycles. The molecule has 3 aromatic carbocycles. The second-order valence-electron chi connectivity index (χ2n) is 7.31. The van der Waals surface area contributed by atoms with Crippen LogP contribution in [0.5, 0.6) is 0 Å². The third-order valence-corrected chi connectivity index (χ3v) is 5.83. The van der Waals surface area contributed by atoms with Crippen molar-refractivity contribution in [2.24, 2.45) is 0 Å². The Morgan fingerprint density at radius 1 is 0.875 bits per heavy atom. The summed E-state index contributed by atoms with van der Waals surface area (Å²) in [5.41, 5.74) is 3.72. The molecule has 0 spiro atoms. The molecule has 0 amide bonds. The van der Waals surface area contributed by atoms with Gasteiger partial charge < -0.3 is 15.0 Å². The van der Waals surface area contributed by atoms with Crippen molar-refractivity contribution in [2.75, 3.05) is 36.5 Å². The van der Waals surface area contributed by atoms with Gasteiger partial charge in [-0.15, -0.1) is 12.4 Å². The van der Waals surface area contributed by atoms with Crippen molar-refractivity contribution >= 4 is 63.7 Å². The molecule has 8 heteroatoms. The van der Waals surface area contributed by atoms with E-state index in [1.54, 1.807) is 12.1 Å². The number of fused-ring (bicyclic) bond motifs is 1. The number of ether oxygens (including phenoxy) is 1. The Kier molecular flexibility index (Phi) is 7.01. The van der Waals surface area contributed by atoms with Crippen LogP contribution in [0.2, 0.25) is 10.0 Å². The Morgan fingerprint density at radius 2 is 1.62 bits per heavy atom. The summed E-state index contributed by atoms with van der Waals surface area (Å²) in [5, 5.41) is 5.49. The van der Waals surface area contributed by atoms with Gasteiger partial charge in [-0.1, -0.05) is 35.3 Å². The van der Waals surface area contributed by atoms with Gasteiger partial charge in [-0.3, -0.25) is 0 Å². The lowest BCUT2D eigenvalue weighted by Crippen LogP contribution is -2.36. The third-order valence-electron chi connectivity index (χ3n) is 5.28. The highest BCUT2D eigenvalue weighted by molar-refractivity contribution is 6.36. The summed E-state index contributed by atoms with van der Waals surface area (Å²) < 4.78 is 5.44. The van der Waals surface area contributed by atoms with E-state index in [1.807, 2.05) is 30.3 Å². The zero-order valence-corrected chi connectivity index (χ0v) is 19.4. The van der Waals surface area contributed by atoms with Crippen LogP contribution in [0.1, 0.15) is 0 Å². The number of morpholine rings is 1. The normalized spacial score (nSPS) is 13.6. The lowest BCUT2D eigenvalue weighted by atomic mass is 10.1. The summed E-state index contributed by atoms with van der Waals surface area (Å²) in [6.45, 7) is 3.36. The smallest absolute Gasteiger partial charge is 0.163 e. The molecule has 1 aliphatic heterocycles. The highest BCUT2D eigenvalue weighted by Gasteiger charge is 2.14. The number of aromatic nitrogens is 2. The molecule has 0 bridgehead atoms. The van der Waals surface area contributed by atoms with E-state index < -0.39 is 0 Å². The highest BCUT2D eigenvalue weighted by Crippen LogP contribution is 2.32. The second kappa shape index (κ2) is 9.92. The molecule has 0 saturated carbocycles. The second-order valence-corrected chi connectivity index (χ2v) is 8.15. The monoisotopic (exact) mass is 486 g/mol. The van der Waals surface area contributed by atoms with Gasteiger partial charge in [0.05, 0.1) is 23.8 Å². The van der Waals surface area contributed by atoms with Gasteiger partial charge in [-0.05, 0) is 54.6 Å². The molecule has 0 atom stereocenters. The van der Waals surface area contributed by atoms with Gasteiger partial charge >= 0.3 is 0 Å². The van der Waals surface area contributed by atoms with E-state index in [0.29, 0.717) is 15.9 Å². The zero-order chi connectivity index (χ0) is 21.2. The Bertz CT molecular complexity index is 1230. The lowest BCUT2D eigenvalue weighted by molar-refractivity contribution is 0.122. The first-order valence-corrected chi connectivity index (χ1v) is 10.8. The minimum Gasteiger partial charge on any atom is -0.378 e. The molecule has 2 heterocycles. The molecule has 1 aliphatic rings. The first-order valence-electron chi connectivity index (χ1n) is 10.1. The number of benzene rings is 3. The highest BCUT2D eigenvalue weighted by atomic mass is 35.5. The lowest BCUT2D eigenvalue weighted by Gasteiger charge is -2.28. The van der Waals surface area contributed by atoms with Crippen molar-refractivity contribution in [1.82, 2.24) is 9.97 Å². The fourth-order valence-corrected chi connectivity index (χ4v) is 4.17. The maximum absolute atomic E-state index is 6.42. The van der Waals surface area contributed by atoms with Gasteiger partial charge in [-0.25, -0.2) is 9.97 Å². The van der Waals surface area contributed by atoms with Gasteiger partial charge in [0.25, 0.3) is 0 Å². The molecule has 1 aromatic heterocycles. The van der Waals surface area contributed by atoms with Gasteiger partial charge in [-0.2, -0.15) is 0 Å². The largest absolute Gasteiger partial charge is 0.378 e. The molecule has 1 N–H and O–H groups in total. The summed E-state index contributed by atoms with van der Waals surface area (Å²) in [6.07, 6.45) is 0. The van der Waals surface area contributed by atoms with Crippen molar-refractivity contribution < 1.29 is 4.74 Å². The molecule has 32 heavy (non-hydrogen) atoms. The standard InChI is InChI=1S/C24H20Cl2N4O.ClH/c25-16-5-10-19(21(26)15-16)23-28-22-4-2-1-3-20(22)24(29-23)27-17-6-8-18(9-7-17)30-11-13-31-14-12-30;/h1-10,15H,11-14H2,(H,27,28,29);1H. The summed E-state index contributed by atoms with van der Waals surface area (Å²) in [5.74, 6) is 1.28. The van der Waals surface area contributed by atoms with Crippen LogP contribution in [-0.4, -0.2) is 36.3 Å². The maximum Gasteiger partial charge on any atom is 0.163 e. The molecule has 0 unspecified atom stereocenters. The van der Waals surface area contributed by atoms with E-state index in [-0.39, 0.29) is 12.4 Å². The Balaban J connectivity index is 0.00000245. The number of halogens is 3. The number of anilines is 3. The fourth-order valence-electron chi connectivity index (χ4n) is 3.68. The number of rotatable bonds is 4. The quantitative estimate of drug-likeness (QED) is 0.351. The number of para-hydroxylation sites is 1. The predicted octanol–water partition coefficient (Wildman–Crippen LogP) is 6.61. The maximum atomic E-state index is 6.42. The third kappa shape index (κ3) is 4.76. The van der Waals surface area contributed by atoms with Crippen molar-refractivity contribution in [3.63, 3.8) is 0 Å². The first-order chi connectivity index (χ1) is 15.2. The number of hydrogen-bond acceptors (Lipinski definition) is 5.